The summed E-state index contributed by atoms with van der Waals surface area (Å²) in [5.41, 5.74) is -0.0785. The van der Waals surface area contributed by atoms with Gasteiger partial charge in [-0.15, -0.1) is 0 Å². The minimum Gasteiger partial charge on any atom is -0.383 e. The molecule has 26 heavy (non-hydrogen) atoms. The summed E-state index contributed by atoms with van der Waals surface area (Å²) in [6, 6.07) is 7.40. The molecule has 0 atom stereocenters. The lowest BCUT2D eigenvalue weighted by molar-refractivity contribution is 0.102. The van der Waals surface area contributed by atoms with Crippen LogP contribution in [0.5, 0.6) is 0 Å². The molecular weight excluding hydrogens is 406 g/mol. The van der Waals surface area contributed by atoms with Crippen molar-refractivity contribution in [2.75, 3.05) is 25.6 Å². The summed E-state index contributed by atoms with van der Waals surface area (Å²) in [7, 11) is -2.45. The van der Waals surface area contributed by atoms with E-state index in [1.54, 1.807) is 0 Å². The molecule has 0 bridgehead atoms. The van der Waals surface area contributed by atoms with Crippen molar-refractivity contribution in [3.8, 4) is 0 Å². The first-order chi connectivity index (χ1) is 12.2. The standard InChI is InChI=1S/C16H15Cl2FN2O4S/c1-25-7-6-20-26(23,24)11-3-5-15(14(19)9-11)21-16(22)12-4-2-10(17)8-13(12)18/h2-5,8-9,20H,6-7H2,1H3,(H,21,22). The van der Waals surface area contributed by atoms with Crippen LogP contribution in [0.25, 0.3) is 0 Å². The van der Waals surface area contributed by atoms with Crippen LogP contribution in [0.4, 0.5) is 10.1 Å². The summed E-state index contributed by atoms with van der Waals surface area (Å²) < 4.78 is 45.3. The molecule has 0 aliphatic rings. The van der Waals surface area contributed by atoms with E-state index >= 15 is 0 Å². The highest BCUT2D eigenvalue weighted by Crippen LogP contribution is 2.24. The van der Waals surface area contributed by atoms with E-state index in [4.69, 9.17) is 27.9 Å². The second-order valence-electron chi connectivity index (χ2n) is 5.11. The van der Waals surface area contributed by atoms with E-state index in [0.29, 0.717) is 5.02 Å². The van der Waals surface area contributed by atoms with E-state index < -0.39 is 21.7 Å². The second-order valence-corrected chi connectivity index (χ2v) is 7.72. The molecule has 0 fully saturated rings. The van der Waals surface area contributed by atoms with E-state index in [2.05, 4.69) is 10.0 Å². The van der Waals surface area contributed by atoms with Gasteiger partial charge >= 0.3 is 0 Å². The van der Waals surface area contributed by atoms with Gasteiger partial charge in [-0.1, -0.05) is 23.2 Å². The Morgan fingerprint density at radius 1 is 1.19 bits per heavy atom. The van der Waals surface area contributed by atoms with E-state index in [0.717, 1.165) is 12.1 Å². The Kier molecular flexibility index (Phi) is 6.96. The van der Waals surface area contributed by atoms with Gasteiger partial charge in [0.25, 0.3) is 5.91 Å². The molecule has 1 amide bonds. The summed E-state index contributed by atoms with van der Waals surface area (Å²) in [6.07, 6.45) is 0. The zero-order valence-electron chi connectivity index (χ0n) is 13.6. The molecule has 0 aliphatic heterocycles. The molecule has 2 aromatic rings. The lowest BCUT2D eigenvalue weighted by Crippen LogP contribution is -2.27. The van der Waals surface area contributed by atoms with Gasteiger partial charge in [0.2, 0.25) is 10.0 Å². The predicted molar refractivity (Wildman–Crippen MR) is 97.9 cm³/mol. The largest absolute Gasteiger partial charge is 0.383 e. The zero-order chi connectivity index (χ0) is 19.3. The van der Waals surface area contributed by atoms with E-state index in [9.17, 15) is 17.6 Å². The molecule has 0 radical (unpaired) electrons. The second kappa shape index (κ2) is 8.79. The van der Waals surface area contributed by atoms with Gasteiger partial charge < -0.3 is 10.1 Å². The summed E-state index contributed by atoms with van der Waals surface area (Å²) >= 11 is 11.7. The number of anilines is 1. The predicted octanol–water partition coefficient (Wildman–Crippen LogP) is 3.31. The molecule has 6 nitrogen and oxygen atoms in total. The maximum atomic E-state index is 14.2. The van der Waals surface area contributed by atoms with Gasteiger partial charge in [-0.2, -0.15) is 0 Å². The van der Waals surface area contributed by atoms with Crippen molar-refractivity contribution in [3.63, 3.8) is 0 Å². The number of amides is 1. The molecule has 140 valence electrons. The molecule has 2 rings (SSSR count). The van der Waals surface area contributed by atoms with Gasteiger partial charge in [-0.25, -0.2) is 17.5 Å². The molecule has 0 aromatic heterocycles. The molecule has 0 aliphatic carbocycles. The van der Waals surface area contributed by atoms with E-state index in [1.165, 1.54) is 31.4 Å². The summed E-state index contributed by atoms with van der Waals surface area (Å²) in [5, 5.41) is 2.80. The number of halogens is 3. The van der Waals surface area contributed by atoms with Crippen molar-refractivity contribution in [2.45, 2.75) is 4.90 Å². The third-order valence-electron chi connectivity index (χ3n) is 3.27. The first kappa shape index (κ1) is 20.6. The lowest BCUT2D eigenvalue weighted by atomic mass is 10.2. The van der Waals surface area contributed by atoms with Gasteiger partial charge in [0.15, 0.2) is 0 Å². The number of hydrogen-bond donors (Lipinski definition) is 2. The zero-order valence-corrected chi connectivity index (χ0v) is 15.9. The van der Waals surface area contributed by atoms with Crippen LogP contribution >= 0.6 is 23.2 Å². The SMILES string of the molecule is COCCNS(=O)(=O)c1ccc(NC(=O)c2ccc(Cl)cc2Cl)c(F)c1. The fourth-order valence-electron chi connectivity index (χ4n) is 1.99. The molecule has 10 heteroatoms. The van der Waals surface area contributed by atoms with Gasteiger partial charge in [0.1, 0.15) is 5.82 Å². The van der Waals surface area contributed by atoms with Crippen LogP contribution in [0, 0.1) is 5.82 Å². The number of methoxy groups -OCH3 is 1. The molecule has 0 unspecified atom stereocenters. The Hall–Kier alpha value is -1.71. The van der Waals surface area contributed by atoms with Crippen LogP contribution in [0.1, 0.15) is 10.4 Å². The van der Waals surface area contributed by atoms with Crippen molar-refractivity contribution in [1.82, 2.24) is 4.72 Å². The normalized spacial score (nSPS) is 11.4. The quantitative estimate of drug-likeness (QED) is 0.672. The molecule has 0 saturated carbocycles. The molecule has 0 heterocycles. The Morgan fingerprint density at radius 2 is 1.92 bits per heavy atom. The van der Waals surface area contributed by atoms with Crippen molar-refractivity contribution < 1.29 is 22.3 Å². The summed E-state index contributed by atoms with van der Waals surface area (Å²) in [5.74, 6) is -1.56. The van der Waals surface area contributed by atoms with Crippen molar-refractivity contribution in [2.24, 2.45) is 0 Å². The number of carbonyl (C=O) groups excluding carboxylic acids is 1. The fraction of sp³-hybridized carbons (Fsp3) is 0.188. The Morgan fingerprint density at radius 3 is 2.54 bits per heavy atom. The maximum Gasteiger partial charge on any atom is 0.257 e. The Balaban J connectivity index is 2.18. The summed E-state index contributed by atoms with van der Waals surface area (Å²) in [4.78, 5) is 11.9. The highest BCUT2D eigenvalue weighted by Gasteiger charge is 2.18. The maximum absolute atomic E-state index is 14.2. The lowest BCUT2D eigenvalue weighted by Gasteiger charge is -2.10. The molecule has 0 saturated heterocycles. The number of nitrogens with one attached hydrogen (secondary N) is 2. The van der Waals surface area contributed by atoms with Crippen LogP contribution < -0.4 is 10.0 Å². The minimum atomic E-state index is -3.88. The highest BCUT2D eigenvalue weighted by molar-refractivity contribution is 7.89. The van der Waals surface area contributed by atoms with Crippen LogP contribution in [0.3, 0.4) is 0 Å². The highest BCUT2D eigenvalue weighted by atomic mass is 35.5. The Labute approximate surface area is 160 Å². The first-order valence-corrected chi connectivity index (χ1v) is 9.53. The number of benzene rings is 2. The number of sulfonamides is 1. The van der Waals surface area contributed by atoms with E-state index in [-0.39, 0.29) is 34.3 Å². The van der Waals surface area contributed by atoms with Gasteiger partial charge in [0, 0.05) is 18.7 Å². The minimum absolute atomic E-state index is 0.0496. The Bertz CT molecular complexity index is 922. The van der Waals surface area contributed by atoms with Crippen LogP contribution in [0.15, 0.2) is 41.3 Å². The van der Waals surface area contributed by atoms with Gasteiger partial charge in [-0.3, -0.25) is 4.79 Å². The topological polar surface area (TPSA) is 84.5 Å². The third kappa shape index (κ3) is 5.15. The summed E-state index contributed by atoms with van der Waals surface area (Å²) in [6.45, 7) is 0.228. The number of carbonyl (C=O) groups is 1. The molecule has 0 spiro atoms. The van der Waals surface area contributed by atoms with Gasteiger partial charge in [0.05, 0.1) is 27.8 Å². The number of hydrogen-bond acceptors (Lipinski definition) is 4. The number of ether oxygens (including phenoxy) is 1. The van der Waals surface area contributed by atoms with Crippen molar-refractivity contribution in [1.29, 1.82) is 0 Å². The van der Waals surface area contributed by atoms with E-state index in [1.807, 2.05) is 0 Å². The van der Waals surface area contributed by atoms with Crippen molar-refractivity contribution in [3.05, 3.63) is 57.8 Å². The molecular formula is C16H15Cl2FN2O4S. The third-order valence-corrected chi connectivity index (χ3v) is 5.28. The van der Waals surface area contributed by atoms with Gasteiger partial charge in [-0.05, 0) is 36.4 Å². The monoisotopic (exact) mass is 420 g/mol. The average molecular weight is 421 g/mol. The fourth-order valence-corrected chi connectivity index (χ4v) is 3.51. The molecule has 2 aromatic carbocycles. The number of rotatable bonds is 7. The average Bonchev–Trinajstić information content (AvgIpc) is 2.56. The van der Waals surface area contributed by atoms with Crippen molar-refractivity contribution >= 4 is 44.8 Å². The van der Waals surface area contributed by atoms with Crippen LogP contribution in [-0.4, -0.2) is 34.6 Å². The van der Waals surface area contributed by atoms with Crippen LogP contribution in [-0.2, 0) is 14.8 Å². The first-order valence-electron chi connectivity index (χ1n) is 7.29. The molecule has 2 N–H and O–H groups in total. The smallest absolute Gasteiger partial charge is 0.257 e. The van der Waals surface area contributed by atoms with Crippen LogP contribution in [0.2, 0.25) is 10.0 Å².